The van der Waals surface area contributed by atoms with Crippen LogP contribution in [0.3, 0.4) is 0 Å². The molecule has 25 heavy (non-hydrogen) atoms. The zero-order chi connectivity index (χ0) is 18.8. The number of aliphatic imine (C=N–C) groups is 1. The minimum atomic E-state index is -0.626. The molecule has 7 heteroatoms. The first-order valence-corrected chi connectivity index (χ1v) is 8.57. The molecular formula is C18H30N6O. The predicted octanol–water partition coefficient (Wildman–Crippen LogP) is 1.63. The van der Waals surface area contributed by atoms with Gasteiger partial charge in [0.05, 0.1) is 17.5 Å². The molecule has 1 heterocycles. The number of aryl methyl sites for hydroxylation is 1. The van der Waals surface area contributed by atoms with Gasteiger partial charge in [-0.1, -0.05) is 12.8 Å². The Balaban J connectivity index is 2.68. The van der Waals surface area contributed by atoms with E-state index in [2.05, 4.69) is 15.3 Å². The van der Waals surface area contributed by atoms with E-state index >= 15 is 0 Å². The topological polar surface area (TPSA) is 132 Å². The first-order chi connectivity index (χ1) is 11.8. The lowest BCUT2D eigenvalue weighted by atomic mass is 10.1. The monoisotopic (exact) mass is 346 g/mol. The molecule has 0 aliphatic carbocycles. The molecule has 0 radical (unpaired) electrons. The Morgan fingerprint density at radius 3 is 2.56 bits per heavy atom. The van der Waals surface area contributed by atoms with Crippen molar-refractivity contribution < 1.29 is 4.79 Å². The molecule has 2 unspecified atom stereocenters. The van der Waals surface area contributed by atoms with Crippen LogP contribution >= 0.6 is 0 Å². The maximum atomic E-state index is 11.7. The van der Waals surface area contributed by atoms with Crippen LogP contribution in [0.5, 0.6) is 0 Å². The predicted molar refractivity (Wildman–Crippen MR) is 102 cm³/mol. The molecule has 0 aromatic carbocycles. The number of pyridine rings is 1. The lowest BCUT2D eigenvalue weighted by molar-refractivity contribution is -0.114. The highest BCUT2D eigenvalue weighted by Crippen LogP contribution is 2.12. The van der Waals surface area contributed by atoms with Gasteiger partial charge in [-0.2, -0.15) is 0 Å². The number of hydrogen-bond donors (Lipinski definition) is 4. The van der Waals surface area contributed by atoms with Gasteiger partial charge in [0.25, 0.3) is 5.91 Å². The fraction of sp³-hybridized carbons (Fsp3) is 0.500. The second-order valence-electron chi connectivity index (χ2n) is 6.47. The van der Waals surface area contributed by atoms with Gasteiger partial charge in [0, 0.05) is 24.5 Å². The van der Waals surface area contributed by atoms with Gasteiger partial charge in [-0.3, -0.25) is 9.78 Å². The van der Waals surface area contributed by atoms with Gasteiger partial charge in [-0.05, 0) is 45.2 Å². The highest BCUT2D eigenvalue weighted by molar-refractivity contribution is 6.20. The molecule has 1 aromatic heterocycles. The zero-order valence-corrected chi connectivity index (χ0v) is 15.3. The molecule has 0 aliphatic heterocycles. The Morgan fingerprint density at radius 2 is 1.96 bits per heavy atom. The molecule has 0 saturated heterocycles. The number of nitrogens with zero attached hydrogens (tertiary/aromatic N) is 2. The maximum absolute atomic E-state index is 11.7. The summed E-state index contributed by atoms with van der Waals surface area (Å²) in [7, 11) is 0. The largest absolute Gasteiger partial charge is 0.388 e. The number of unbranched alkanes of at least 4 members (excludes halogenated alkanes) is 1. The van der Waals surface area contributed by atoms with Gasteiger partial charge in [-0.15, -0.1) is 0 Å². The average Bonchev–Trinajstić information content (AvgIpc) is 2.51. The summed E-state index contributed by atoms with van der Waals surface area (Å²) < 4.78 is 0. The summed E-state index contributed by atoms with van der Waals surface area (Å²) in [6.45, 7) is 5.95. The Kier molecular flexibility index (Phi) is 8.63. The van der Waals surface area contributed by atoms with Crippen molar-refractivity contribution in [1.82, 2.24) is 10.3 Å². The Bertz CT molecular complexity index is 624. The number of amidine groups is 1. The maximum Gasteiger partial charge on any atom is 0.253 e. The number of rotatable bonds is 10. The summed E-state index contributed by atoms with van der Waals surface area (Å²) in [5.41, 5.74) is 18.8. The smallest absolute Gasteiger partial charge is 0.253 e. The van der Waals surface area contributed by atoms with Crippen molar-refractivity contribution >= 4 is 17.4 Å². The average molecular weight is 346 g/mol. The molecule has 0 spiro atoms. The molecule has 1 amide bonds. The summed E-state index contributed by atoms with van der Waals surface area (Å²) in [6.07, 6.45) is 8.96. The zero-order valence-electron chi connectivity index (χ0n) is 15.3. The molecule has 2 atom stereocenters. The minimum Gasteiger partial charge on any atom is -0.388 e. The lowest BCUT2D eigenvalue weighted by Crippen LogP contribution is -2.30. The molecule has 138 valence electrons. The second kappa shape index (κ2) is 10.5. The molecule has 1 rings (SSSR count). The Hall–Kier alpha value is -2.41. The fourth-order valence-electron chi connectivity index (χ4n) is 2.30. The standard InChI is InChI=1S/C18H30N6O/c1-12-8-15(10-22-9-12)24-17(20)16(18(21)25)11-23-14(3)7-5-4-6-13(2)19/h8-11,13-14,23H,4-7,19H2,1-3H3,(H2,20,24)(H2,21,25)/b16-11+. The van der Waals surface area contributed by atoms with Crippen molar-refractivity contribution in [3.63, 3.8) is 0 Å². The number of amides is 1. The van der Waals surface area contributed by atoms with Crippen molar-refractivity contribution in [2.45, 2.75) is 58.5 Å². The van der Waals surface area contributed by atoms with Crippen LogP contribution in [0.1, 0.15) is 45.1 Å². The van der Waals surface area contributed by atoms with Crippen molar-refractivity contribution in [1.29, 1.82) is 0 Å². The molecule has 0 aliphatic rings. The highest BCUT2D eigenvalue weighted by Gasteiger charge is 2.11. The van der Waals surface area contributed by atoms with Crippen LogP contribution in [0.25, 0.3) is 0 Å². The van der Waals surface area contributed by atoms with Crippen molar-refractivity contribution in [3.8, 4) is 0 Å². The van der Waals surface area contributed by atoms with Crippen LogP contribution in [0.15, 0.2) is 35.2 Å². The van der Waals surface area contributed by atoms with E-state index in [1.807, 2.05) is 26.8 Å². The van der Waals surface area contributed by atoms with E-state index in [1.165, 1.54) is 0 Å². The number of hydrogen-bond acceptors (Lipinski definition) is 5. The SMILES string of the molecule is Cc1cncc(N=C(N)/C(=C\NC(C)CCCCC(C)N)C(N)=O)c1. The number of primary amides is 1. The fourth-order valence-corrected chi connectivity index (χ4v) is 2.30. The van der Waals surface area contributed by atoms with E-state index in [1.54, 1.807) is 18.6 Å². The number of carbonyl (C=O) groups excluding carboxylic acids is 1. The summed E-state index contributed by atoms with van der Waals surface area (Å²) in [5, 5.41) is 3.16. The molecular weight excluding hydrogens is 316 g/mol. The van der Waals surface area contributed by atoms with Crippen molar-refractivity contribution in [3.05, 3.63) is 35.8 Å². The van der Waals surface area contributed by atoms with Gasteiger partial charge in [0.1, 0.15) is 5.84 Å². The van der Waals surface area contributed by atoms with Crippen molar-refractivity contribution in [2.75, 3.05) is 0 Å². The summed E-state index contributed by atoms with van der Waals surface area (Å²) in [4.78, 5) is 19.9. The quantitative estimate of drug-likeness (QED) is 0.221. The number of aromatic nitrogens is 1. The highest BCUT2D eigenvalue weighted by atomic mass is 16.1. The van der Waals surface area contributed by atoms with Crippen LogP contribution in [0.4, 0.5) is 5.69 Å². The van der Waals surface area contributed by atoms with E-state index in [-0.39, 0.29) is 23.5 Å². The van der Waals surface area contributed by atoms with E-state index in [0.717, 1.165) is 31.2 Å². The number of carbonyl (C=O) groups is 1. The van der Waals surface area contributed by atoms with Crippen LogP contribution in [-0.2, 0) is 4.79 Å². The number of nitrogens with one attached hydrogen (secondary N) is 1. The number of nitrogens with two attached hydrogens (primary N) is 3. The van der Waals surface area contributed by atoms with E-state index in [4.69, 9.17) is 17.2 Å². The molecule has 1 aromatic rings. The van der Waals surface area contributed by atoms with E-state index in [0.29, 0.717) is 5.69 Å². The van der Waals surface area contributed by atoms with E-state index < -0.39 is 5.91 Å². The van der Waals surface area contributed by atoms with Gasteiger partial charge in [0.2, 0.25) is 0 Å². The van der Waals surface area contributed by atoms with Crippen LogP contribution in [0.2, 0.25) is 0 Å². The Labute approximate surface area is 149 Å². The van der Waals surface area contributed by atoms with Gasteiger partial charge >= 0.3 is 0 Å². The van der Waals surface area contributed by atoms with E-state index in [9.17, 15) is 4.79 Å². The van der Waals surface area contributed by atoms with Crippen LogP contribution in [0, 0.1) is 6.92 Å². The molecule has 0 saturated carbocycles. The molecule has 0 bridgehead atoms. The van der Waals surface area contributed by atoms with Crippen molar-refractivity contribution in [2.24, 2.45) is 22.2 Å². The summed E-state index contributed by atoms with van der Waals surface area (Å²) in [5.74, 6) is -0.560. The first kappa shape index (κ1) is 20.6. The lowest BCUT2D eigenvalue weighted by Gasteiger charge is -2.13. The third-order valence-corrected chi connectivity index (χ3v) is 3.71. The molecule has 0 fully saturated rings. The summed E-state index contributed by atoms with van der Waals surface area (Å²) >= 11 is 0. The minimum absolute atomic E-state index is 0.0663. The third-order valence-electron chi connectivity index (χ3n) is 3.71. The second-order valence-corrected chi connectivity index (χ2v) is 6.47. The van der Waals surface area contributed by atoms with Gasteiger partial charge in [0.15, 0.2) is 0 Å². The first-order valence-electron chi connectivity index (χ1n) is 8.57. The third kappa shape index (κ3) is 8.30. The molecule has 7 N–H and O–H groups in total. The van der Waals surface area contributed by atoms with Gasteiger partial charge in [-0.25, -0.2) is 4.99 Å². The summed E-state index contributed by atoms with van der Waals surface area (Å²) in [6, 6.07) is 2.25. The Morgan fingerprint density at radius 1 is 1.28 bits per heavy atom. The van der Waals surface area contributed by atoms with Crippen LogP contribution < -0.4 is 22.5 Å². The molecule has 7 nitrogen and oxygen atoms in total. The normalized spacial score (nSPS) is 14.9. The van der Waals surface area contributed by atoms with Gasteiger partial charge < -0.3 is 22.5 Å². The van der Waals surface area contributed by atoms with Crippen LogP contribution in [-0.4, -0.2) is 28.8 Å².